The Morgan fingerprint density at radius 1 is 1.60 bits per heavy atom. The van der Waals surface area contributed by atoms with Gasteiger partial charge in [-0.25, -0.2) is 4.79 Å². The Bertz CT molecular complexity index is 104. The first-order valence-corrected chi connectivity index (χ1v) is 3.48. The number of rotatable bonds is 1. The molecule has 0 saturated heterocycles. The molecule has 0 spiro atoms. The van der Waals surface area contributed by atoms with Crippen molar-refractivity contribution in [3.63, 3.8) is 0 Å². The summed E-state index contributed by atoms with van der Waals surface area (Å²) < 4.78 is 4.14. The van der Waals surface area contributed by atoms with Crippen LogP contribution in [0.15, 0.2) is 12.7 Å². The molecule has 0 amide bonds. The van der Waals surface area contributed by atoms with Gasteiger partial charge in [-0.05, 0) is 0 Å². The number of hydrogen-bond donors (Lipinski definition) is 0. The highest BCUT2D eigenvalue weighted by atomic mass is 35.6. The maximum Gasteiger partial charge on any atom is 0.450 e. The number of ether oxygens (including phenoxy) is 1. The third-order valence-electron chi connectivity index (χ3n) is 0.368. The lowest BCUT2D eigenvalue weighted by Gasteiger charge is -1.83. The SMILES string of the molecule is C=CC(=O)OC.ClB(Cl)Cl. The summed E-state index contributed by atoms with van der Waals surface area (Å²) in [6.45, 7) is 3.16. The molecule has 0 aliphatic carbocycles. The third kappa shape index (κ3) is 24.2. The van der Waals surface area contributed by atoms with Crippen molar-refractivity contribution in [3.8, 4) is 0 Å². The van der Waals surface area contributed by atoms with E-state index < -0.39 is 10.9 Å². The predicted molar refractivity (Wildman–Crippen MR) is 45.5 cm³/mol. The fraction of sp³-hybridized carbons (Fsp3) is 0.250. The van der Waals surface area contributed by atoms with E-state index in [0.717, 1.165) is 6.08 Å². The Hall–Kier alpha value is 0.145. The van der Waals surface area contributed by atoms with Crippen LogP contribution in [0.25, 0.3) is 0 Å². The van der Waals surface area contributed by atoms with Gasteiger partial charge in [0.15, 0.2) is 0 Å². The second-order valence-electron chi connectivity index (χ2n) is 0.975. The normalized spacial score (nSPS) is 6.80. The third-order valence-corrected chi connectivity index (χ3v) is 0.368. The van der Waals surface area contributed by atoms with Gasteiger partial charge in [-0.3, -0.25) is 0 Å². The quantitative estimate of drug-likeness (QED) is 0.370. The highest BCUT2D eigenvalue weighted by Gasteiger charge is 1.91. The van der Waals surface area contributed by atoms with Crippen LogP contribution in [0.3, 0.4) is 0 Å². The second-order valence-corrected chi connectivity index (χ2v) is 2.95. The molecule has 0 rings (SSSR count). The fourth-order valence-corrected chi connectivity index (χ4v) is 0.0833. The highest BCUT2D eigenvalue weighted by molar-refractivity contribution is 7.54. The Morgan fingerprint density at radius 3 is 1.90 bits per heavy atom. The molecule has 0 unspecified atom stereocenters. The predicted octanol–water partition coefficient (Wildman–Crippen LogP) is 2.03. The zero-order valence-corrected chi connectivity index (χ0v) is 7.58. The molecule has 0 radical (unpaired) electrons. The highest BCUT2D eigenvalue weighted by Crippen LogP contribution is 1.97. The number of carbonyl (C=O) groups excluding carboxylic acids is 1. The molecule has 0 heterocycles. The van der Waals surface area contributed by atoms with Gasteiger partial charge in [0, 0.05) is 6.08 Å². The van der Waals surface area contributed by atoms with Gasteiger partial charge in [0.25, 0.3) is 0 Å². The van der Waals surface area contributed by atoms with Gasteiger partial charge in [0.2, 0.25) is 0 Å². The van der Waals surface area contributed by atoms with Crippen LogP contribution >= 0.6 is 34.4 Å². The van der Waals surface area contributed by atoms with E-state index in [0.29, 0.717) is 0 Å². The van der Waals surface area contributed by atoms with Crippen LogP contribution in [0.4, 0.5) is 0 Å². The van der Waals surface area contributed by atoms with Crippen molar-refractivity contribution in [2.45, 2.75) is 0 Å². The molecular weight excluding hydrogens is 197 g/mol. The van der Waals surface area contributed by atoms with Crippen molar-refractivity contribution < 1.29 is 9.53 Å². The summed E-state index contributed by atoms with van der Waals surface area (Å²) in [5.41, 5.74) is 0. The smallest absolute Gasteiger partial charge is 0.450 e. The Balaban J connectivity index is 0. The lowest BCUT2D eigenvalue weighted by Crippen LogP contribution is -1.91. The molecule has 58 valence electrons. The van der Waals surface area contributed by atoms with Gasteiger partial charge < -0.3 is 4.74 Å². The number of carbonyl (C=O) groups is 1. The van der Waals surface area contributed by atoms with Crippen molar-refractivity contribution in [3.05, 3.63) is 12.7 Å². The second kappa shape index (κ2) is 9.14. The van der Waals surface area contributed by atoms with Crippen LogP contribution < -0.4 is 0 Å². The Morgan fingerprint density at radius 2 is 1.90 bits per heavy atom. The number of esters is 1. The number of hydrogen-bond acceptors (Lipinski definition) is 2. The zero-order chi connectivity index (χ0) is 8.57. The van der Waals surface area contributed by atoms with Crippen molar-refractivity contribution in [2.75, 3.05) is 7.11 Å². The van der Waals surface area contributed by atoms with Gasteiger partial charge in [-0.2, -0.15) is 34.4 Å². The summed E-state index contributed by atoms with van der Waals surface area (Å²) in [6.07, 6.45) is 1.11. The fourth-order valence-electron chi connectivity index (χ4n) is 0.0833. The van der Waals surface area contributed by atoms with E-state index in [2.05, 4.69) is 11.3 Å². The maximum atomic E-state index is 9.84. The molecule has 0 aromatic rings. The summed E-state index contributed by atoms with van der Waals surface area (Å²) >= 11 is 14.4. The topological polar surface area (TPSA) is 26.3 Å². The molecule has 0 aliphatic rings. The molecule has 0 aliphatic heterocycles. The average molecular weight is 203 g/mol. The molecule has 6 heteroatoms. The van der Waals surface area contributed by atoms with Crippen molar-refractivity contribution in [2.24, 2.45) is 0 Å². The van der Waals surface area contributed by atoms with Gasteiger partial charge >= 0.3 is 10.9 Å². The monoisotopic (exact) mass is 202 g/mol. The number of halogens is 3. The van der Waals surface area contributed by atoms with E-state index in [1.165, 1.54) is 7.11 Å². The zero-order valence-electron chi connectivity index (χ0n) is 5.31. The minimum Gasteiger partial charge on any atom is -0.466 e. The molecule has 0 fully saturated rings. The summed E-state index contributed by atoms with van der Waals surface area (Å²) in [5.74, 6) is -0.394. The van der Waals surface area contributed by atoms with Gasteiger partial charge in [0.05, 0.1) is 7.11 Å². The minimum atomic E-state index is -0.750. The van der Waals surface area contributed by atoms with Gasteiger partial charge in [-0.15, -0.1) is 0 Å². The first-order chi connectivity index (χ1) is 4.54. The van der Waals surface area contributed by atoms with Crippen molar-refractivity contribution >= 4 is 45.3 Å². The largest absolute Gasteiger partial charge is 0.466 e. The van der Waals surface area contributed by atoms with E-state index in [4.69, 9.17) is 34.4 Å². The van der Waals surface area contributed by atoms with Crippen LogP contribution in [0.2, 0.25) is 0 Å². The number of methoxy groups -OCH3 is 1. The van der Waals surface area contributed by atoms with E-state index >= 15 is 0 Å². The Kier molecular flexibility index (Phi) is 11.7. The van der Waals surface area contributed by atoms with Crippen LogP contribution in [-0.4, -0.2) is 18.0 Å². The minimum absolute atomic E-state index is 0.394. The van der Waals surface area contributed by atoms with Crippen molar-refractivity contribution in [1.82, 2.24) is 0 Å². The van der Waals surface area contributed by atoms with Crippen LogP contribution in [0.5, 0.6) is 0 Å². The first kappa shape index (κ1) is 12.8. The maximum absolute atomic E-state index is 9.84. The molecular formula is C4H6BCl3O2. The van der Waals surface area contributed by atoms with Crippen molar-refractivity contribution in [1.29, 1.82) is 0 Å². The van der Waals surface area contributed by atoms with Crippen LogP contribution in [-0.2, 0) is 9.53 Å². The molecule has 0 saturated carbocycles. The molecule has 0 bridgehead atoms. The lowest BCUT2D eigenvalue weighted by molar-refractivity contribution is -0.134. The first-order valence-electron chi connectivity index (χ1n) is 2.17. The summed E-state index contributed by atoms with van der Waals surface area (Å²) in [4.78, 5) is 9.09. The molecule has 0 aromatic heterocycles. The van der Waals surface area contributed by atoms with E-state index in [-0.39, 0.29) is 0 Å². The summed E-state index contributed by atoms with van der Waals surface area (Å²) in [5, 5.41) is 0. The molecule has 10 heavy (non-hydrogen) atoms. The van der Waals surface area contributed by atoms with E-state index in [1.807, 2.05) is 0 Å². The van der Waals surface area contributed by atoms with Gasteiger partial charge in [-0.1, -0.05) is 6.58 Å². The van der Waals surface area contributed by atoms with Gasteiger partial charge in [0.1, 0.15) is 0 Å². The molecule has 0 N–H and O–H groups in total. The van der Waals surface area contributed by atoms with Crippen LogP contribution in [0, 0.1) is 0 Å². The van der Waals surface area contributed by atoms with Crippen LogP contribution in [0.1, 0.15) is 0 Å². The molecule has 2 nitrogen and oxygen atoms in total. The molecule has 0 atom stereocenters. The Labute approximate surface area is 74.9 Å². The average Bonchev–Trinajstić information content (AvgIpc) is 1.85. The van der Waals surface area contributed by atoms with E-state index in [9.17, 15) is 4.79 Å². The van der Waals surface area contributed by atoms with E-state index in [1.54, 1.807) is 0 Å². The summed E-state index contributed by atoms with van der Waals surface area (Å²) in [6, 6.07) is 0. The standard InChI is InChI=1S/C4H6O2.BCl3/c1-3-4(5)6-2;2-1(3)4/h3H,1H2,2H3;. The molecule has 0 aromatic carbocycles. The summed E-state index contributed by atoms with van der Waals surface area (Å²) in [7, 11) is 1.31. The lowest BCUT2D eigenvalue weighted by atomic mass is 10.7.